The number of para-hydroxylation sites is 1. The Labute approximate surface area is 182 Å². The highest BCUT2D eigenvalue weighted by atomic mass is 19.4. The van der Waals surface area contributed by atoms with Crippen molar-refractivity contribution in [3.63, 3.8) is 0 Å². The normalized spacial score (nSPS) is 25.9. The number of hydrogen-bond donors (Lipinski definition) is 1. The van der Waals surface area contributed by atoms with Gasteiger partial charge in [0.2, 0.25) is 23.6 Å². The lowest BCUT2D eigenvalue weighted by Crippen LogP contribution is -2.46. The second-order valence-corrected chi connectivity index (χ2v) is 8.26. The van der Waals surface area contributed by atoms with Crippen molar-refractivity contribution in [2.75, 3.05) is 25.0 Å². The smallest absolute Gasteiger partial charge is 0.332 e. The molecule has 1 aromatic rings. The summed E-state index contributed by atoms with van der Waals surface area (Å²) in [6.45, 7) is 0.701. The number of likely N-dealkylation sites (N-methyl/N-ethyl adjacent to an activating group) is 1. The van der Waals surface area contributed by atoms with Crippen LogP contribution >= 0.6 is 0 Å². The number of carbonyl (C=O) groups is 4. The number of likely N-dealkylation sites (tertiary alicyclic amines) is 1. The molecule has 1 aromatic carbocycles. The number of fused-ring (bicyclic) bond motifs is 5. The number of hydrogen-bond acceptors (Lipinski definition) is 4. The van der Waals surface area contributed by atoms with E-state index < -0.39 is 54.2 Å². The van der Waals surface area contributed by atoms with Crippen LogP contribution in [-0.4, -0.2) is 53.1 Å². The topological polar surface area (TPSA) is 86.8 Å². The maximum atomic E-state index is 13.1. The zero-order valence-electron chi connectivity index (χ0n) is 17.3. The SMILES string of the molecule is CCN(CC(=O)Nc1ccccc1C(F)(F)F)C(=O)CN1C(=O)C2C3C=CC(C3)C2C1=O. The minimum Gasteiger partial charge on any atom is -0.332 e. The molecule has 1 heterocycles. The number of halogens is 3. The van der Waals surface area contributed by atoms with Gasteiger partial charge in [0.25, 0.3) is 0 Å². The van der Waals surface area contributed by atoms with Gasteiger partial charge in [-0.2, -0.15) is 13.2 Å². The molecule has 2 bridgehead atoms. The van der Waals surface area contributed by atoms with E-state index in [1.807, 2.05) is 12.2 Å². The molecule has 7 nitrogen and oxygen atoms in total. The molecule has 10 heteroatoms. The summed E-state index contributed by atoms with van der Waals surface area (Å²) in [6.07, 6.45) is 0.0236. The van der Waals surface area contributed by atoms with Gasteiger partial charge >= 0.3 is 6.18 Å². The average Bonchev–Trinajstić information content (AvgIpc) is 3.41. The van der Waals surface area contributed by atoms with Crippen LogP contribution in [0.1, 0.15) is 18.9 Å². The predicted molar refractivity (Wildman–Crippen MR) is 107 cm³/mol. The zero-order chi connectivity index (χ0) is 23.2. The van der Waals surface area contributed by atoms with Gasteiger partial charge in [-0.15, -0.1) is 0 Å². The highest BCUT2D eigenvalue weighted by Crippen LogP contribution is 2.52. The van der Waals surface area contributed by atoms with E-state index >= 15 is 0 Å². The van der Waals surface area contributed by atoms with Gasteiger partial charge in [-0.1, -0.05) is 24.3 Å². The summed E-state index contributed by atoms with van der Waals surface area (Å²) in [6, 6.07) is 4.54. The van der Waals surface area contributed by atoms with Gasteiger partial charge in [0, 0.05) is 6.54 Å². The van der Waals surface area contributed by atoms with Crippen molar-refractivity contribution in [2.45, 2.75) is 19.5 Å². The number of carbonyl (C=O) groups excluding carboxylic acids is 4. The first-order valence-electron chi connectivity index (χ1n) is 10.4. The molecule has 1 N–H and O–H groups in total. The van der Waals surface area contributed by atoms with Gasteiger partial charge in [0.15, 0.2) is 0 Å². The van der Waals surface area contributed by atoms with Crippen LogP contribution in [0.2, 0.25) is 0 Å². The Morgan fingerprint density at radius 1 is 1.09 bits per heavy atom. The third-order valence-electron chi connectivity index (χ3n) is 6.43. The Morgan fingerprint density at radius 2 is 1.69 bits per heavy atom. The van der Waals surface area contributed by atoms with Crippen molar-refractivity contribution < 1.29 is 32.3 Å². The van der Waals surface area contributed by atoms with Crippen LogP contribution in [0.4, 0.5) is 18.9 Å². The summed E-state index contributed by atoms with van der Waals surface area (Å²) in [5.74, 6) is -2.99. The fourth-order valence-corrected chi connectivity index (χ4v) is 4.93. The molecule has 4 rings (SSSR count). The number of benzene rings is 1. The van der Waals surface area contributed by atoms with Crippen LogP contribution < -0.4 is 5.32 Å². The average molecular weight is 449 g/mol. The highest BCUT2D eigenvalue weighted by molar-refractivity contribution is 6.08. The molecule has 4 unspecified atom stereocenters. The number of nitrogens with one attached hydrogen (secondary N) is 1. The lowest BCUT2D eigenvalue weighted by Gasteiger charge is -2.24. The maximum Gasteiger partial charge on any atom is 0.418 e. The van der Waals surface area contributed by atoms with Gasteiger partial charge in [-0.25, -0.2) is 0 Å². The Kier molecular flexibility index (Phi) is 5.56. The van der Waals surface area contributed by atoms with Gasteiger partial charge < -0.3 is 10.2 Å². The molecule has 4 amide bonds. The summed E-state index contributed by atoms with van der Waals surface area (Å²) in [5.41, 5.74) is -1.40. The molecule has 0 spiro atoms. The second kappa shape index (κ2) is 8.07. The number of alkyl halides is 3. The van der Waals surface area contributed by atoms with E-state index in [1.165, 1.54) is 12.1 Å². The Morgan fingerprint density at radius 3 is 2.25 bits per heavy atom. The summed E-state index contributed by atoms with van der Waals surface area (Å²) >= 11 is 0. The summed E-state index contributed by atoms with van der Waals surface area (Å²) in [4.78, 5) is 52.6. The lowest BCUT2D eigenvalue weighted by molar-refractivity contribution is -0.147. The van der Waals surface area contributed by atoms with Crippen molar-refractivity contribution in [2.24, 2.45) is 23.7 Å². The number of allylic oxidation sites excluding steroid dienone is 2. The van der Waals surface area contributed by atoms with Gasteiger partial charge in [0.1, 0.15) is 6.54 Å². The molecule has 170 valence electrons. The third-order valence-corrected chi connectivity index (χ3v) is 6.43. The van der Waals surface area contributed by atoms with Crippen LogP contribution in [0.3, 0.4) is 0 Å². The van der Waals surface area contributed by atoms with Gasteiger partial charge in [-0.05, 0) is 37.3 Å². The Balaban J connectivity index is 1.40. The van der Waals surface area contributed by atoms with Gasteiger partial charge in [0.05, 0.1) is 29.6 Å². The molecule has 2 aliphatic carbocycles. The van der Waals surface area contributed by atoms with Crippen LogP contribution in [0.15, 0.2) is 36.4 Å². The number of anilines is 1. The first-order valence-corrected chi connectivity index (χ1v) is 10.4. The van der Waals surface area contributed by atoms with Crippen molar-refractivity contribution in [1.29, 1.82) is 0 Å². The maximum absolute atomic E-state index is 13.1. The number of nitrogens with zero attached hydrogens (tertiary/aromatic N) is 2. The summed E-state index contributed by atoms with van der Waals surface area (Å²) in [7, 11) is 0. The van der Waals surface area contributed by atoms with Crippen LogP contribution in [-0.2, 0) is 25.4 Å². The van der Waals surface area contributed by atoms with E-state index in [9.17, 15) is 32.3 Å². The minimum atomic E-state index is -4.65. The fraction of sp³-hybridized carbons (Fsp3) is 0.455. The van der Waals surface area contributed by atoms with E-state index in [2.05, 4.69) is 5.32 Å². The van der Waals surface area contributed by atoms with Crippen LogP contribution in [0, 0.1) is 23.7 Å². The summed E-state index contributed by atoms with van der Waals surface area (Å²) in [5, 5.41) is 2.19. The van der Waals surface area contributed by atoms with E-state index in [0.717, 1.165) is 28.4 Å². The second-order valence-electron chi connectivity index (χ2n) is 8.26. The third kappa shape index (κ3) is 3.78. The standard InChI is InChI=1S/C22H22F3N3O4/c1-2-27(10-16(29)26-15-6-4-3-5-14(15)22(23,24)25)17(30)11-28-20(31)18-12-7-8-13(9-12)19(18)21(28)32/h3-8,12-13,18-19H,2,9-11H2,1H3,(H,26,29). The summed E-state index contributed by atoms with van der Waals surface area (Å²) < 4.78 is 39.4. The quantitative estimate of drug-likeness (QED) is 0.534. The monoisotopic (exact) mass is 449 g/mol. The van der Waals surface area contributed by atoms with Crippen molar-refractivity contribution in [3.05, 3.63) is 42.0 Å². The molecule has 3 aliphatic rings. The van der Waals surface area contributed by atoms with Crippen molar-refractivity contribution >= 4 is 29.3 Å². The number of rotatable bonds is 6. The van der Waals surface area contributed by atoms with Crippen LogP contribution in [0.5, 0.6) is 0 Å². The molecule has 2 fully saturated rings. The molecule has 1 saturated heterocycles. The molecule has 0 aromatic heterocycles. The first-order chi connectivity index (χ1) is 15.1. The van der Waals surface area contributed by atoms with E-state index in [0.29, 0.717) is 0 Å². The predicted octanol–water partition coefficient (Wildman–Crippen LogP) is 2.30. The van der Waals surface area contributed by atoms with E-state index in [-0.39, 0.29) is 30.2 Å². The molecule has 1 aliphatic heterocycles. The molecular weight excluding hydrogens is 427 g/mol. The first kappa shape index (κ1) is 22.0. The minimum absolute atomic E-state index is 0.0170. The molecular formula is C22H22F3N3O4. The molecule has 0 radical (unpaired) electrons. The highest BCUT2D eigenvalue weighted by Gasteiger charge is 2.59. The van der Waals surface area contributed by atoms with E-state index in [1.54, 1.807) is 6.92 Å². The zero-order valence-corrected chi connectivity index (χ0v) is 17.3. The van der Waals surface area contributed by atoms with Gasteiger partial charge in [-0.3, -0.25) is 24.1 Å². The molecule has 4 atom stereocenters. The number of amides is 4. The van der Waals surface area contributed by atoms with Crippen molar-refractivity contribution in [3.8, 4) is 0 Å². The lowest BCUT2D eigenvalue weighted by atomic mass is 9.85. The number of imide groups is 1. The molecule has 1 saturated carbocycles. The van der Waals surface area contributed by atoms with Crippen LogP contribution in [0.25, 0.3) is 0 Å². The molecule has 32 heavy (non-hydrogen) atoms. The Hall–Kier alpha value is -3.17. The Bertz CT molecular complexity index is 976. The van der Waals surface area contributed by atoms with Crippen molar-refractivity contribution in [1.82, 2.24) is 9.80 Å². The fourth-order valence-electron chi connectivity index (χ4n) is 4.93. The largest absolute Gasteiger partial charge is 0.418 e. The van der Waals surface area contributed by atoms with E-state index in [4.69, 9.17) is 0 Å².